The van der Waals surface area contributed by atoms with Crippen molar-refractivity contribution in [3.8, 4) is 5.75 Å². The molecule has 1 aromatic carbocycles. The van der Waals surface area contributed by atoms with E-state index < -0.39 is 0 Å². The summed E-state index contributed by atoms with van der Waals surface area (Å²) in [6, 6.07) is 3.30. The topological polar surface area (TPSA) is 38.5 Å². The second kappa shape index (κ2) is 5.24. The first-order chi connectivity index (χ1) is 8.56. The predicted octanol–water partition coefficient (Wildman–Crippen LogP) is 2.09. The lowest BCUT2D eigenvalue weighted by molar-refractivity contribution is 0.301. The van der Waals surface area contributed by atoms with E-state index in [4.69, 9.17) is 10.5 Å². The highest BCUT2D eigenvalue weighted by atomic mass is 19.1. The van der Waals surface area contributed by atoms with E-state index in [1.807, 2.05) is 6.92 Å². The second-order valence-electron chi connectivity index (χ2n) is 5.14. The smallest absolute Gasteiger partial charge is 0.126 e. The number of nitrogens with zero attached hydrogens (tertiary/aromatic N) is 1. The minimum Gasteiger partial charge on any atom is -0.496 e. The average molecular weight is 252 g/mol. The van der Waals surface area contributed by atoms with E-state index in [0.29, 0.717) is 12.5 Å². The largest absolute Gasteiger partial charge is 0.496 e. The molecule has 2 rings (SSSR count). The van der Waals surface area contributed by atoms with Crippen molar-refractivity contribution in [1.29, 1.82) is 0 Å². The van der Waals surface area contributed by atoms with E-state index in [9.17, 15) is 4.39 Å². The zero-order chi connectivity index (χ0) is 13.3. The molecule has 1 aromatic rings. The van der Waals surface area contributed by atoms with Crippen molar-refractivity contribution in [2.24, 2.45) is 11.7 Å². The van der Waals surface area contributed by atoms with E-state index in [0.717, 1.165) is 29.8 Å². The van der Waals surface area contributed by atoms with Gasteiger partial charge in [0.1, 0.15) is 11.6 Å². The molecule has 0 aromatic heterocycles. The van der Waals surface area contributed by atoms with Gasteiger partial charge in [0.25, 0.3) is 0 Å². The van der Waals surface area contributed by atoms with Gasteiger partial charge in [-0.2, -0.15) is 0 Å². The molecule has 1 fully saturated rings. The summed E-state index contributed by atoms with van der Waals surface area (Å²) in [7, 11) is 3.69. The Balaban J connectivity index is 2.38. The van der Waals surface area contributed by atoms with Crippen molar-refractivity contribution in [1.82, 2.24) is 4.90 Å². The number of halogens is 1. The first kappa shape index (κ1) is 13.3. The molecule has 2 atom stereocenters. The zero-order valence-corrected chi connectivity index (χ0v) is 11.2. The maximum Gasteiger partial charge on any atom is 0.126 e. The van der Waals surface area contributed by atoms with Gasteiger partial charge in [-0.25, -0.2) is 4.39 Å². The van der Waals surface area contributed by atoms with Crippen LogP contribution in [0.15, 0.2) is 12.1 Å². The molecule has 2 N–H and O–H groups in total. The Hall–Kier alpha value is -1.13. The standard InChI is InChI=1S/C14H21FN2O/c1-9-4-11(15)6-12(14(9)18-3)13-5-10(7-16)8-17(13)2/h4,6,10,13H,5,7-8,16H2,1-3H3. The van der Waals surface area contributed by atoms with Gasteiger partial charge in [0, 0.05) is 18.2 Å². The number of methoxy groups -OCH3 is 1. The van der Waals surface area contributed by atoms with Crippen LogP contribution in [0.3, 0.4) is 0 Å². The number of aryl methyl sites for hydroxylation is 1. The molecule has 0 amide bonds. The number of nitrogens with two attached hydrogens (primary N) is 1. The Morgan fingerprint density at radius 3 is 2.78 bits per heavy atom. The molecule has 4 heteroatoms. The minimum atomic E-state index is -0.201. The number of hydrogen-bond acceptors (Lipinski definition) is 3. The summed E-state index contributed by atoms with van der Waals surface area (Å²) in [5.74, 6) is 1.08. The number of likely N-dealkylation sites (tertiary alicyclic amines) is 1. The molecule has 3 nitrogen and oxygen atoms in total. The monoisotopic (exact) mass is 252 g/mol. The molecule has 1 saturated heterocycles. The maximum absolute atomic E-state index is 13.6. The van der Waals surface area contributed by atoms with Gasteiger partial charge in [-0.15, -0.1) is 0 Å². The summed E-state index contributed by atoms with van der Waals surface area (Å²) in [6.07, 6.45) is 0.965. The van der Waals surface area contributed by atoms with Crippen LogP contribution in [0.2, 0.25) is 0 Å². The van der Waals surface area contributed by atoms with Crippen molar-refractivity contribution in [3.05, 3.63) is 29.1 Å². The van der Waals surface area contributed by atoms with Gasteiger partial charge in [0.15, 0.2) is 0 Å². The van der Waals surface area contributed by atoms with E-state index >= 15 is 0 Å². The highest BCUT2D eigenvalue weighted by Gasteiger charge is 2.32. The van der Waals surface area contributed by atoms with Gasteiger partial charge in [-0.05, 0) is 50.6 Å². The maximum atomic E-state index is 13.6. The third-order valence-corrected chi connectivity index (χ3v) is 3.80. The van der Waals surface area contributed by atoms with Gasteiger partial charge in [0.2, 0.25) is 0 Å². The quantitative estimate of drug-likeness (QED) is 0.895. The predicted molar refractivity (Wildman–Crippen MR) is 70.2 cm³/mol. The lowest BCUT2D eigenvalue weighted by atomic mass is 9.97. The summed E-state index contributed by atoms with van der Waals surface area (Å²) in [5.41, 5.74) is 7.52. The third kappa shape index (κ3) is 2.35. The molecule has 18 heavy (non-hydrogen) atoms. The summed E-state index contributed by atoms with van der Waals surface area (Å²) in [5, 5.41) is 0. The number of hydrogen-bond donors (Lipinski definition) is 1. The Labute approximate surface area is 108 Å². The van der Waals surface area contributed by atoms with Crippen LogP contribution in [0.4, 0.5) is 4.39 Å². The summed E-state index contributed by atoms with van der Waals surface area (Å²) in [4.78, 5) is 2.23. The molecule has 0 spiro atoms. The lowest BCUT2D eigenvalue weighted by Crippen LogP contribution is -2.21. The minimum absolute atomic E-state index is 0.197. The van der Waals surface area contributed by atoms with Crippen LogP contribution in [0.5, 0.6) is 5.75 Å². The Morgan fingerprint density at radius 2 is 2.22 bits per heavy atom. The number of benzene rings is 1. The molecule has 1 aliphatic rings. The molecule has 1 aliphatic heterocycles. The number of rotatable bonds is 3. The van der Waals surface area contributed by atoms with E-state index in [1.54, 1.807) is 13.2 Å². The number of ether oxygens (including phenoxy) is 1. The Morgan fingerprint density at radius 1 is 1.50 bits per heavy atom. The normalized spacial score (nSPS) is 24.5. The molecule has 2 unspecified atom stereocenters. The molecule has 0 aliphatic carbocycles. The first-order valence-electron chi connectivity index (χ1n) is 6.31. The fourth-order valence-electron chi connectivity index (χ4n) is 2.92. The van der Waals surface area contributed by atoms with Crippen molar-refractivity contribution >= 4 is 0 Å². The van der Waals surface area contributed by atoms with E-state index in [2.05, 4.69) is 11.9 Å². The van der Waals surface area contributed by atoms with Gasteiger partial charge < -0.3 is 10.5 Å². The molecular formula is C14H21FN2O. The van der Waals surface area contributed by atoms with Gasteiger partial charge >= 0.3 is 0 Å². The summed E-state index contributed by atoms with van der Waals surface area (Å²) in [6.45, 7) is 3.51. The van der Waals surface area contributed by atoms with Crippen molar-refractivity contribution < 1.29 is 9.13 Å². The van der Waals surface area contributed by atoms with Crippen LogP contribution >= 0.6 is 0 Å². The highest BCUT2D eigenvalue weighted by molar-refractivity contribution is 5.43. The zero-order valence-electron chi connectivity index (χ0n) is 11.2. The van der Waals surface area contributed by atoms with E-state index in [-0.39, 0.29) is 11.9 Å². The molecule has 100 valence electrons. The molecular weight excluding hydrogens is 231 g/mol. The molecule has 1 heterocycles. The van der Waals surface area contributed by atoms with E-state index in [1.165, 1.54) is 6.07 Å². The van der Waals surface area contributed by atoms with Gasteiger partial charge in [-0.1, -0.05) is 0 Å². The SMILES string of the molecule is COc1c(C)cc(F)cc1C1CC(CN)CN1C. The van der Waals surface area contributed by atoms with Gasteiger partial charge in [0.05, 0.1) is 7.11 Å². The average Bonchev–Trinajstić information content (AvgIpc) is 2.69. The molecule has 0 radical (unpaired) electrons. The lowest BCUT2D eigenvalue weighted by Gasteiger charge is -2.23. The van der Waals surface area contributed by atoms with Crippen LogP contribution < -0.4 is 10.5 Å². The molecule has 0 bridgehead atoms. The third-order valence-electron chi connectivity index (χ3n) is 3.80. The second-order valence-corrected chi connectivity index (χ2v) is 5.14. The van der Waals surface area contributed by atoms with Crippen molar-refractivity contribution in [3.63, 3.8) is 0 Å². The van der Waals surface area contributed by atoms with Gasteiger partial charge in [-0.3, -0.25) is 4.90 Å². The van der Waals surface area contributed by atoms with Crippen molar-refractivity contribution in [2.45, 2.75) is 19.4 Å². The molecule has 0 saturated carbocycles. The Bertz CT molecular complexity index is 436. The van der Waals surface area contributed by atoms with Crippen LogP contribution in [0.1, 0.15) is 23.6 Å². The summed E-state index contributed by atoms with van der Waals surface area (Å²) >= 11 is 0. The first-order valence-corrected chi connectivity index (χ1v) is 6.31. The fraction of sp³-hybridized carbons (Fsp3) is 0.571. The Kier molecular flexibility index (Phi) is 3.88. The van der Waals surface area contributed by atoms with Crippen molar-refractivity contribution in [2.75, 3.05) is 27.2 Å². The van der Waals surface area contributed by atoms with Crippen LogP contribution in [0, 0.1) is 18.7 Å². The van der Waals surface area contributed by atoms with Crippen LogP contribution in [0.25, 0.3) is 0 Å². The van der Waals surface area contributed by atoms with Crippen LogP contribution in [-0.4, -0.2) is 32.1 Å². The fourth-order valence-corrected chi connectivity index (χ4v) is 2.92. The highest BCUT2D eigenvalue weighted by Crippen LogP contribution is 2.39. The van der Waals surface area contributed by atoms with Crippen LogP contribution in [-0.2, 0) is 0 Å². The summed E-state index contributed by atoms with van der Waals surface area (Å²) < 4.78 is 19.0.